The van der Waals surface area contributed by atoms with Crippen LogP contribution in [0.3, 0.4) is 0 Å². The number of thiazole rings is 1. The van der Waals surface area contributed by atoms with E-state index >= 15 is 0 Å². The van der Waals surface area contributed by atoms with Crippen LogP contribution in [-0.4, -0.2) is 23.0 Å². The zero-order valence-electron chi connectivity index (χ0n) is 8.93. The molecular weight excluding hydrogens is 278 g/mol. The van der Waals surface area contributed by atoms with Crippen molar-refractivity contribution in [3.8, 4) is 0 Å². The number of nitrogens with one attached hydrogen (secondary N) is 2. The van der Waals surface area contributed by atoms with Gasteiger partial charge in [-0.2, -0.15) is 0 Å². The highest BCUT2D eigenvalue weighted by atomic mass is 79.9. The van der Waals surface area contributed by atoms with Gasteiger partial charge in [0.05, 0.1) is 15.5 Å². The number of hydrogen-bond donors (Lipinski definition) is 2. The fourth-order valence-electron chi connectivity index (χ4n) is 1.09. The summed E-state index contributed by atoms with van der Waals surface area (Å²) >= 11 is 4.69. The van der Waals surface area contributed by atoms with Crippen LogP contribution in [0.4, 0.5) is 5.13 Å². The van der Waals surface area contributed by atoms with Gasteiger partial charge in [0.25, 0.3) is 0 Å². The maximum Gasteiger partial charge on any atom is 0.245 e. The van der Waals surface area contributed by atoms with Crippen LogP contribution >= 0.6 is 27.3 Å². The highest BCUT2D eigenvalue weighted by molar-refractivity contribution is 9.11. The van der Waals surface area contributed by atoms with Gasteiger partial charge < -0.3 is 10.6 Å². The van der Waals surface area contributed by atoms with Crippen LogP contribution in [0.15, 0.2) is 9.98 Å². The number of rotatable bonds is 4. The van der Waals surface area contributed by atoms with Gasteiger partial charge in [0.15, 0.2) is 5.13 Å². The maximum atomic E-state index is 11.8. The molecule has 1 heterocycles. The molecule has 15 heavy (non-hydrogen) atoms. The van der Waals surface area contributed by atoms with Gasteiger partial charge in [0.2, 0.25) is 5.91 Å². The summed E-state index contributed by atoms with van der Waals surface area (Å²) in [6.45, 7) is 6.40. The predicted octanol–water partition coefficient (Wildman–Crippen LogP) is 2.23. The van der Waals surface area contributed by atoms with Crippen molar-refractivity contribution in [1.82, 2.24) is 10.3 Å². The van der Waals surface area contributed by atoms with Gasteiger partial charge in [-0.3, -0.25) is 4.79 Å². The fraction of sp³-hybridized carbons (Fsp3) is 0.556. The molecule has 0 spiro atoms. The lowest BCUT2D eigenvalue weighted by molar-refractivity contribution is -0.121. The van der Waals surface area contributed by atoms with Crippen molar-refractivity contribution in [2.75, 3.05) is 11.9 Å². The molecule has 84 valence electrons. The number of anilines is 1. The molecule has 0 aliphatic heterocycles. The molecule has 0 aliphatic rings. The summed E-state index contributed by atoms with van der Waals surface area (Å²) in [5.41, 5.74) is -0.576. The lowest BCUT2D eigenvalue weighted by atomic mass is 10.1. The van der Waals surface area contributed by atoms with Gasteiger partial charge in [-0.25, -0.2) is 4.98 Å². The van der Waals surface area contributed by atoms with Gasteiger partial charge in [0.1, 0.15) is 0 Å². The van der Waals surface area contributed by atoms with Gasteiger partial charge in [0, 0.05) is 0 Å². The molecule has 0 fully saturated rings. The smallest absolute Gasteiger partial charge is 0.245 e. The number of hydrogen-bond acceptors (Lipinski definition) is 4. The largest absolute Gasteiger partial charge is 0.304 e. The Morgan fingerprint density at radius 1 is 1.67 bits per heavy atom. The second-order valence-corrected chi connectivity index (χ2v) is 5.99. The number of likely N-dealkylation sites (N-methyl/N-ethyl adjacent to an activating group) is 1. The molecule has 0 saturated heterocycles. The summed E-state index contributed by atoms with van der Waals surface area (Å²) in [5.74, 6) is -0.0776. The summed E-state index contributed by atoms with van der Waals surface area (Å²) < 4.78 is 0.902. The molecule has 1 rings (SSSR count). The first kappa shape index (κ1) is 12.6. The predicted molar refractivity (Wildman–Crippen MR) is 66.2 cm³/mol. The Morgan fingerprint density at radius 3 is 2.80 bits per heavy atom. The Kier molecular flexibility index (Phi) is 4.24. The molecule has 0 unspecified atom stereocenters. The van der Waals surface area contributed by atoms with Crippen molar-refractivity contribution in [3.63, 3.8) is 0 Å². The van der Waals surface area contributed by atoms with E-state index < -0.39 is 5.54 Å². The minimum Gasteiger partial charge on any atom is -0.304 e. The fourth-order valence-corrected chi connectivity index (χ4v) is 2.19. The van der Waals surface area contributed by atoms with E-state index in [1.165, 1.54) is 11.3 Å². The van der Waals surface area contributed by atoms with Crippen LogP contribution in [0.2, 0.25) is 0 Å². The van der Waals surface area contributed by atoms with E-state index in [4.69, 9.17) is 0 Å². The molecule has 2 N–H and O–H groups in total. The summed E-state index contributed by atoms with van der Waals surface area (Å²) in [6, 6.07) is 0. The van der Waals surface area contributed by atoms with Crippen molar-refractivity contribution < 1.29 is 4.79 Å². The monoisotopic (exact) mass is 291 g/mol. The second kappa shape index (κ2) is 5.05. The van der Waals surface area contributed by atoms with E-state index in [0.29, 0.717) is 5.13 Å². The Bertz CT molecular complexity index is 351. The Hall–Kier alpha value is -0.460. The molecule has 0 atom stereocenters. The molecule has 0 saturated carbocycles. The minimum absolute atomic E-state index is 0.0776. The van der Waals surface area contributed by atoms with E-state index in [-0.39, 0.29) is 5.91 Å². The molecule has 1 aromatic rings. The minimum atomic E-state index is -0.576. The van der Waals surface area contributed by atoms with Crippen molar-refractivity contribution in [1.29, 1.82) is 0 Å². The Labute approximate surface area is 102 Å². The zero-order chi connectivity index (χ0) is 11.5. The van der Waals surface area contributed by atoms with Crippen LogP contribution in [0, 0.1) is 0 Å². The molecule has 0 aromatic carbocycles. The lowest BCUT2D eigenvalue weighted by Gasteiger charge is -2.23. The van der Waals surface area contributed by atoms with Crippen LogP contribution in [0.5, 0.6) is 0 Å². The first-order chi connectivity index (χ1) is 6.95. The summed E-state index contributed by atoms with van der Waals surface area (Å²) in [5, 5.41) is 6.47. The van der Waals surface area contributed by atoms with E-state index in [1.807, 2.05) is 20.8 Å². The molecule has 0 radical (unpaired) electrons. The van der Waals surface area contributed by atoms with E-state index in [9.17, 15) is 4.79 Å². The number of carbonyl (C=O) groups is 1. The number of nitrogens with zero attached hydrogens (tertiary/aromatic N) is 1. The average Bonchev–Trinajstić information content (AvgIpc) is 2.51. The van der Waals surface area contributed by atoms with Crippen LogP contribution in [0.25, 0.3) is 0 Å². The van der Waals surface area contributed by atoms with Crippen molar-refractivity contribution in [2.24, 2.45) is 0 Å². The molecule has 1 aromatic heterocycles. The molecule has 1 amide bonds. The normalized spacial score (nSPS) is 11.5. The van der Waals surface area contributed by atoms with Crippen molar-refractivity contribution in [3.05, 3.63) is 9.98 Å². The van der Waals surface area contributed by atoms with E-state index in [0.717, 1.165) is 10.3 Å². The van der Waals surface area contributed by atoms with Crippen molar-refractivity contribution in [2.45, 2.75) is 26.3 Å². The quantitative estimate of drug-likeness (QED) is 0.894. The molecule has 6 heteroatoms. The number of halogens is 1. The molecule has 0 aliphatic carbocycles. The SMILES string of the molecule is CCNC(C)(C)C(=O)Nc1ncc(Br)s1. The topological polar surface area (TPSA) is 54.0 Å². The highest BCUT2D eigenvalue weighted by Gasteiger charge is 2.26. The average molecular weight is 292 g/mol. The molecule has 4 nitrogen and oxygen atoms in total. The number of aromatic nitrogens is 1. The third-order valence-electron chi connectivity index (χ3n) is 1.88. The lowest BCUT2D eigenvalue weighted by Crippen LogP contribution is -2.49. The van der Waals surface area contributed by atoms with Crippen LogP contribution < -0.4 is 10.6 Å². The summed E-state index contributed by atoms with van der Waals surface area (Å²) in [4.78, 5) is 15.9. The summed E-state index contributed by atoms with van der Waals surface area (Å²) in [6.07, 6.45) is 1.67. The van der Waals surface area contributed by atoms with Gasteiger partial charge in [-0.1, -0.05) is 18.3 Å². The van der Waals surface area contributed by atoms with Gasteiger partial charge in [-0.05, 0) is 36.3 Å². The van der Waals surface area contributed by atoms with E-state index in [2.05, 4.69) is 31.5 Å². The summed E-state index contributed by atoms with van der Waals surface area (Å²) in [7, 11) is 0. The third-order valence-corrected chi connectivity index (χ3v) is 3.28. The van der Waals surface area contributed by atoms with Crippen LogP contribution in [-0.2, 0) is 4.79 Å². The molecular formula is C9H14BrN3OS. The van der Waals surface area contributed by atoms with E-state index in [1.54, 1.807) is 6.20 Å². The van der Waals surface area contributed by atoms with Gasteiger partial charge in [-0.15, -0.1) is 0 Å². The first-order valence-corrected chi connectivity index (χ1v) is 6.24. The van der Waals surface area contributed by atoms with Gasteiger partial charge >= 0.3 is 0 Å². The third kappa shape index (κ3) is 3.55. The Morgan fingerprint density at radius 2 is 2.33 bits per heavy atom. The second-order valence-electron chi connectivity index (χ2n) is 3.58. The van der Waals surface area contributed by atoms with Crippen LogP contribution in [0.1, 0.15) is 20.8 Å². The number of carbonyl (C=O) groups excluding carboxylic acids is 1. The van der Waals surface area contributed by atoms with Crippen molar-refractivity contribution >= 4 is 38.3 Å². The highest BCUT2D eigenvalue weighted by Crippen LogP contribution is 2.23. The number of amides is 1. The first-order valence-electron chi connectivity index (χ1n) is 4.63. The zero-order valence-corrected chi connectivity index (χ0v) is 11.3. The standard InChI is InChI=1S/C9H14BrN3OS/c1-4-12-9(2,3)7(14)13-8-11-5-6(10)15-8/h5,12H,4H2,1-3H3,(H,11,13,14). The molecule has 0 bridgehead atoms. The Balaban J connectivity index is 2.63. The maximum absolute atomic E-state index is 11.8.